The van der Waals surface area contributed by atoms with Gasteiger partial charge < -0.3 is 9.64 Å². The van der Waals surface area contributed by atoms with Crippen molar-refractivity contribution in [1.29, 1.82) is 0 Å². The van der Waals surface area contributed by atoms with Gasteiger partial charge in [-0.15, -0.1) is 13.2 Å². The average molecular weight is 443 g/mol. The molecule has 162 valence electrons. The van der Waals surface area contributed by atoms with E-state index >= 15 is 0 Å². The standard InChI is InChI=1S/C19H20F3N3O4S/c20-19(21,22)29-16-4-6-17(7-5-16)30(27,28)25-12-10-24(11-13-25)18(26)8-3-15-2-1-9-23-14-15/h1-2,4-7,9,14H,3,8,10-13H2. The van der Waals surface area contributed by atoms with E-state index in [1.165, 1.54) is 4.31 Å². The first kappa shape index (κ1) is 22.0. The smallest absolute Gasteiger partial charge is 0.406 e. The van der Waals surface area contributed by atoms with Crippen LogP contribution in [-0.2, 0) is 21.2 Å². The van der Waals surface area contributed by atoms with Crippen LogP contribution in [0, 0.1) is 0 Å². The Morgan fingerprint density at radius 1 is 1.07 bits per heavy atom. The van der Waals surface area contributed by atoms with Crippen molar-refractivity contribution in [2.45, 2.75) is 24.1 Å². The summed E-state index contributed by atoms with van der Waals surface area (Å²) in [4.78, 5) is 17.9. The highest BCUT2D eigenvalue weighted by atomic mass is 32.2. The number of sulfonamides is 1. The van der Waals surface area contributed by atoms with Crippen LogP contribution in [0.15, 0.2) is 53.7 Å². The van der Waals surface area contributed by atoms with Crippen molar-refractivity contribution >= 4 is 15.9 Å². The Hall–Kier alpha value is -2.66. The van der Waals surface area contributed by atoms with Gasteiger partial charge >= 0.3 is 6.36 Å². The predicted molar refractivity (Wildman–Crippen MR) is 101 cm³/mol. The number of amides is 1. The molecule has 0 atom stereocenters. The fourth-order valence-corrected chi connectivity index (χ4v) is 4.52. The number of nitrogens with zero attached hydrogens (tertiary/aromatic N) is 3. The Morgan fingerprint density at radius 3 is 2.30 bits per heavy atom. The van der Waals surface area contributed by atoms with Gasteiger partial charge in [0.2, 0.25) is 15.9 Å². The summed E-state index contributed by atoms with van der Waals surface area (Å²) in [6, 6.07) is 7.74. The number of halogens is 3. The number of carbonyl (C=O) groups excluding carboxylic acids is 1. The van der Waals surface area contributed by atoms with Crippen molar-refractivity contribution in [1.82, 2.24) is 14.2 Å². The summed E-state index contributed by atoms with van der Waals surface area (Å²) in [5, 5.41) is 0. The van der Waals surface area contributed by atoms with Gasteiger partial charge in [-0.05, 0) is 42.3 Å². The summed E-state index contributed by atoms with van der Waals surface area (Å²) >= 11 is 0. The highest BCUT2D eigenvalue weighted by molar-refractivity contribution is 7.89. The lowest BCUT2D eigenvalue weighted by Crippen LogP contribution is -2.50. The number of rotatable bonds is 6. The average Bonchev–Trinajstić information content (AvgIpc) is 2.72. The predicted octanol–water partition coefficient (Wildman–Crippen LogP) is 2.45. The number of aromatic nitrogens is 1. The van der Waals surface area contributed by atoms with Crippen molar-refractivity contribution in [2.24, 2.45) is 0 Å². The monoisotopic (exact) mass is 443 g/mol. The van der Waals surface area contributed by atoms with Gasteiger partial charge in [0.25, 0.3) is 0 Å². The molecule has 11 heteroatoms. The first-order chi connectivity index (χ1) is 14.1. The SMILES string of the molecule is O=C(CCc1cccnc1)N1CCN(S(=O)(=O)c2ccc(OC(F)(F)F)cc2)CC1. The first-order valence-electron chi connectivity index (χ1n) is 9.18. The van der Waals surface area contributed by atoms with Gasteiger partial charge in [0.05, 0.1) is 4.90 Å². The molecule has 1 saturated heterocycles. The normalized spacial score (nSPS) is 15.8. The molecule has 7 nitrogen and oxygen atoms in total. The second-order valence-corrected chi connectivity index (χ2v) is 8.60. The number of carbonyl (C=O) groups is 1. The summed E-state index contributed by atoms with van der Waals surface area (Å²) < 4.78 is 67.1. The number of ether oxygens (including phenoxy) is 1. The molecule has 0 N–H and O–H groups in total. The number of alkyl halides is 3. The lowest BCUT2D eigenvalue weighted by Gasteiger charge is -2.34. The van der Waals surface area contributed by atoms with Crippen LogP contribution in [0.2, 0.25) is 0 Å². The Morgan fingerprint density at radius 2 is 1.73 bits per heavy atom. The molecule has 0 radical (unpaired) electrons. The minimum Gasteiger partial charge on any atom is -0.406 e. The van der Waals surface area contributed by atoms with Crippen LogP contribution < -0.4 is 4.74 Å². The number of piperazine rings is 1. The van der Waals surface area contributed by atoms with Crippen molar-refractivity contribution in [3.05, 3.63) is 54.4 Å². The van der Waals surface area contributed by atoms with Crippen LogP contribution in [-0.4, -0.2) is 61.1 Å². The van der Waals surface area contributed by atoms with E-state index in [0.717, 1.165) is 29.8 Å². The number of aryl methyl sites for hydroxylation is 1. The van der Waals surface area contributed by atoms with Crippen molar-refractivity contribution in [2.75, 3.05) is 26.2 Å². The van der Waals surface area contributed by atoms with Gasteiger partial charge in [-0.3, -0.25) is 9.78 Å². The fourth-order valence-electron chi connectivity index (χ4n) is 3.10. The molecular formula is C19H20F3N3O4S. The maximum absolute atomic E-state index is 12.7. The molecule has 1 aliphatic heterocycles. The highest BCUT2D eigenvalue weighted by Crippen LogP contribution is 2.25. The number of hydrogen-bond acceptors (Lipinski definition) is 5. The molecular weight excluding hydrogens is 423 g/mol. The fraction of sp³-hybridized carbons (Fsp3) is 0.368. The summed E-state index contributed by atoms with van der Waals surface area (Å²) in [5.74, 6) is -0.560. The second-order valence-electron chi connectivity index (χ2n) is 6.67. The van der Waals surface area contributed by atoms with Crippen LogP contribution in [0.25, 0.3) is 0 Å². The van der Waals surface area contributed by atoms with Gasteiger partial charge in [0.15, 0.2) is 0 Å². The van der Waals surface area contributed by atoms with Crippen LogP contribution in [0.1, 0.15) is 12.0 Å². The van der Waals surface area contributed by atoms with Gasteiger partial charge in [0, 0.05) is 45.0 Å². The van der Waals surface area contributed by atoms with E-state index in [0.29, 0.717) is 12.8 Å². The molecule has 1 fully saturated rings. The molecule has 2 heterocycles. The van der Waals surface area contributed by atoms with Gasteiger partial charge in [0.1, 0.15) is 5.75 Å². The van der Waals surface area contributed by atoms with E-state index < -0.39 is 22.1 Å². The molecule has 30 heavy (non-hydrogen) atoms. The first-order valence-corrected chi connectivity index (χ1v) is 10.6. The molecule has 0 saturated carbocycles. The summed E-state index contributed by atoms with van der Waals surface area (Å²) in [5.41, 5.74) is 0.949. The highest BCUT2D eigenvalue weighted by Gasteiger charge is 2.32. The van der Waals surface area contributed by atoms with E-state index in [-0.39, 0.29) is 37.0 Å². The number of hydrogen-bond donors (Lipinski definition) is 0. The topological polar surface area (TPSA) is 79.8 Å². The molecule has 2 aromatic rings. The van der Waals surface area contributed by atoms with E-state index in [1.807, 2.05) is 6.07 Å². The molecule has 0 bridgehead atoms. The largest absolute Gasteiger partial charge is 0.573 e. The zero-order chi connectivity index (χ0) is 21.8. The summed E-state index contributed by atoms with van der Waals surface area (Å²) in [6.07, 6.45) is -0.637. The third kappa shape index (κ3) is 5.70. The zero-order valence-electron chi connectivity index (χ0n) is 15.9. The number of benzene rings is 1. The van der Waals surface area contributed by atoms with E-state index in [4.69, 9.17) is 0 Å². The van der Waals surface area contributed by atoms with E-state index in [2.05, 4.69) is 9.72 Å². The molecule has 3 rings (SSSR count). The van der Waals surface area contributed by atoms with Gasteiger partial charge in [-0.1, -0.05) is 6.07 Å². The number of pyridine rings is 1. The van der Waals surface area contributed by atoms with E-state index in [1.54, 1.807) is 23.4 Å². The molecule has 0 spiro atoms. The molecule has 1 aliphatic rings. The quantitative estimate of drug-likeness (QED) is 0.685. The maximum atomic E-state index is 12.7. The third-order valence-corrected chi connectivity index (χ3v) is 6.55. The third-order valence-electron chi connectivity index (χ3n) is 4.64. The van der Waals surface area contributed by atoms with Crippen LogP contribution in [0.4, 0.5) is 13.2 Å². The van der Waals surface area contributed by atoms with Crippen molar-refractivity contribution < 1.29 is 31.1 Å². The lowest BCUT2D eigenvalue weighted by atomic mass is 10.1. The molecule has 0 aliphatic carbocycles. The van der Waals surface area contributed by atoms with Crippen LogP contribution in [0.3, 0.4) is 0 Å². The molecule has 0 unspecified atom stereocenters. The molecule has 1 aromatic heterocycles. The summed E-state index contributed by atoms with van der Waals surface area (Å²) in [6.45, 7) is 0.726. The lowest BCUT2D eigenvalue weighted by molar-refractivity contribution is -0.274. The van der Waals surface area contributed by atoms with Gasteiger partial charge in [-0.2, -0.15) is 4.31 Å². The minimum atomic E-state index is -4.85. The van der Waals surface area contributed by atoms with Crippen LogP contribution in [0.5, 0.6) is 5.75 Å². The van der Waals surface area contributed by atoms with E-state index in [9.17, 15) is 26.4 Å². The van der Waals surface area contributed by atoms with Crippen molar-refractivity contribution in [3.63, 3.8) is 0 Å². The van der Waals surface area contributed by atoms with Gasteiger partial charge in [-0.25, -0.2) is 8.42 Å². The molecule has 1 aromatic carbocycles. The molecule has 1 amide bonds. The zero-order valence-corrected chi connectivity index (χ0v) is 16.7. The minimum absolute atomic E-state index is 0.0652. The van der Waals surface area contributed by atoms with Crippen LogP contribution >= 0.6 is 0 Å². The Bertz CT molecular complexity index is 959. The Labute approximate surface area is 172 Å². The Balaban J connectivity index is 1.55. The second kappa shape index (κ2) is 9.00. The maximum Gasteiger partial charge on any atom is 0.573 e. The van der Waals surface area contributed by atoms with Crippen molar-refractivity contribution in [3.8, 4) is 5.75 Å². The Kier molecular flexibility index (Phi) is 6.61. The summed E-state index contributed by atoms with van der Waals surface area (Å²) in [7, 11) is -3.88.